The highest BCUT2D eigenvalue weighted by molar-refractivity contribution is 8.01. The van der Waals surface area contributed by atoms with Crippen LogP contribution in [-0.4, -0.2) is 58.3 Å². The standard InChI is InChI=1S/C12H20N2O3S.C4H4O2.C2H6/c1-11(2,3)17-10(16)13-7-8(15)14-6-12(4,5)18-9(7)14;1-2-3-6-4-5;1-2/h7,9H,6H2,1-5H3,(H,13,16);1,4H,3H2;1-2H3. The Hall–Kier alpha value is -1.88. The van der Waals surface area contributed by atoms with E-state index in [1.54, 1.807) is 32.5 Å². The van der Waals surface area contributed by atoms with Gasteiger partial charge < -0.3 is 19.7 Å². The minimum absolute atomic E-state index is 0.0102. The zero-order valence-corrected chi connectivity index (χ0v) is 17.4. The van der Waals surface area contributed by atoms with Crippen molar-refractivity contribution in [2.45, 2.75) is 70.2 Å². The van der Waals surface area contributed by atoms with Crippen molar-refractivity contribution in [3.05, 3.63) is 0 Å². The Labute approximate surface area is 160 Å². The molecule has 2 saturated heterocycles. The number of fused-ring (bicyclic) bond motifs is 1. The summed E-state index contributed by atoms with van der Waals surface area (Å²) in [6.07, 6.45) is 4.16. The van der Waals surface area contributed by atoms with Gasteiger partial charge in [0.15, 0.2) is 6.61 Å². The van der Waals surface area contributed by atoms with Gasteiger partial charge in [0.25, 0.3) is 6.47 Å². The summed E-state index contributed by atoms with van der Waals surface area (Å²) < 4.78 is 9.29. The summed E-state index contributed by atoms with van der Waals surface area (Å²) in [7, 11) is 0. The maximum absolute atomic E-state index is 11.9. The van der Waals surface area contributed by atoms with Crippen molar-refractivity contribution in [2.75, 3.05) is 13.2 Å². The lowest BCUT2D eigenvalue weighted by Crippen LogP contribution is -2.67. The largest absolute Gasteiger partial charge is 0.455 e. The third-order valence-corrected chi connectivity index (χ3v) is 4.57. The monoisotopic (exact) mass is 386 g/mol. The molecule has 2 amide bonds. The molecule has 0 bridgehead atoms. The molecule has 2 heterocycles. The van der Waals surface area contributed by atoms with Gasteiger partial charge in [-0.2, -0.15) is 0 Å². The van der Waals surface area contributed by atoms with Crippen molar-refractivity contribution in [3.63, 3.8) is 0 Å². The summed E-state index contributed by atoms with van der Waals surface area (Å²) in [5.41, 5.74) is -0.543. The molecule has 148 valence electrons. The second-order valence-corrected chi connectivity index (χ2v) is 8.79. The van der Waals surface area contributed by atoms with E-state index in [1.165, 1.54) is 0 Å². The number of amides is 2. The molecule has 0 aromatic rings. The van der Waals surface area contributed by atoms with Gasteiger partial charge in [0.2, 0.25) is 5.91 Å². The molecule has 0 aliphatic carbocycles. The van der Waals surface area contributed by atoms with E-state index < -0.39 is 17.7 Å². The van der Waals surface area contributed by atoms with Gasteiger partial charge in [-0.3, -0.25) is 9.59 Å². The maximum atomic E-state index is 11.9. The number of ether oxygens (including phenoxy) is 2. The molecule has 0 aromatic carbocycles. The van der Waals surface area contributed by atoms with Crippen LogP contribution in [0.5, 0.6) is 0 Å². The van der Waals surface area contributed by atoms with E-state index >= 15 is 0 Å². The molecule has 2 atom stereocenters. The van der Waals surface area contributed by atoms with Crippen molar-refractivity contribution < 1.29 is 23.9 Å². The molecule has 0 saturated carbocycles. The average molecular weight is 387 g/mol. The maximum Gasteiger partial charge on any atom is 0.408 e. The fraction of sp³-hybridized carbons (Fsp3) is 0.722. The Morgan fingerprint density at radius 1 is 1.46 bits per heavy atom. The highest BCUT2D eigenvalue weighted by Gasteiger charge is 2.56. The number of rotatable bonds is 3. The molecule has 0 aromatic heterocycles. The number of alkyl carbamates (subject to hydrolysis) is 1. The first-order valence-electron chi connectivity index (χ1n) is 8.47. The number of thioether (sulfide) groups is 1. The second kappa shape index (κ2) is 10.3. The van der Waals surface area contributed by atoms with Crippen LogP contribution in [0.15, 0.2) is 0 Å². The predicted octanol–water partition coefficient (Wildman–Crippen LogP) is 2.39. The van der Waals surface area contributed by atoms with E-state index in [-0.39, 0.29) is 22.6 Å². The Bertz CT molecular complexity index is 537. The molecule has 0 radical (unpaired) electrons. The Morgan fingerprint density at radius 2 is 2.04 bits per heavy atom. The molecule has 1 N–H and O–H groups in total. The molecule has 26 heavy (non-hydrogen) atoms. The van der Waals surface area contributed by atoms with Crippen LogP contribution in [0, 0.1) is 12.3 Å². The molecular formula is C18H30N2O5S. The van der Waals surface area contributed by atoms with Gasteiger partial charge in [0.1, 0.15) is 17.0 Å². The Morgan fingerprint density at radius 3 is 2.46 bits per heavy atom. The molecule has 0 spiro atoms. The van der Waals surface area contributed by atoms with Crippen molar-refractivity contribution >= 4 is 30.2 Å². The van der Waals surface area contributed by atoms with Crippen LogP contribution in [0.25, 0.3) is 0 Å². The zero-order chi connectivity index (χ0) is 20.5. The molecule has 7 nitrogen and oxygen atoms in total. The lowest BCUT2D eigenvalue weighted by atomic mass is 10.1. The summed E-state index contributed by atoms with van der Waals surface area (Å²) in [5, 5.41) is 2.71. The number of terminal acetylenes is 1. The van der Waals surface area contributed by atoms with Crippen LogP contribution in [0.2, 0.25) is 0 Å². The van der Waals surface area contributed by atoms with Gasteiger partial charge in [-0.1, -0.05) is 19.8 Å². The number of nitrogens with one attached hydrogen (secondary N) is 1. The van der Waals surface area contributed by atoms with Crippen LogP contribution >= 0.6 is 11.8 Å². The highest BCUT2D eigenvalue weighted by Crippen LogP contribution is 2.46. The van der Waals surface area contributed by atoms with Gasteiger partial charge in [0, 0.05) is 11.3 Å². The van der Waals surface area contributed by atoms with E-state index in [4.69, 9.17) is 4.74 Å². The first-order chi connectivity index (χ1) is 12.0. The first-order valence-corrected chi connectivity index (χ1v) is 9.35. The first kappa shape index (κ1) is 24.1. The van der Waals surface area contributed by atoms with Gasteiger partial charge in [-0.15, -0.1) is 18.2 Å². The molecule has 2 aliphatic rings. The molecule has 2 fully saturated rings. The zero-order valence-electron chi connectivity index (χ0n) is 16.6. The SMILES string of the molecule is C#CCOC=O.CC.CC(C)(C)OC(=O)NC1C(=O)N2CC(C)(C)SC12. The minimum Gasteiger partial charge on any atom is -0.455 e. The number of nitrogens with zero attached hydrogens (tertiary/aromatic N) is 1. The van der Waals surface area contributed by atoms with Crippen molar-refractivity contribution in [3.8, 4) is 12.3 Å². The second-order valence-electron chi connectivity index (χ2n) is 6.97. The lowest BCUT2D eigenvalue weighted by Gasteiger charge is -2.41. The molecular weight excluding hydrogens is 356 g/mol. The third-order valence-electron chi connectivity index (χ3n) is 3.04. The number of carbonyl (C=O) groups is 3. The van der Waals surface area contributed by atoms with Crippen molar-refractivity contribution in [1.82, 2.24) is 10.2 Å². The summed E-state index contributed by atoms with van der Waals surface area (Å²) in [6, 6.07) is -0.438. The lowest BCUT2D eigenvalue weighted by molar-refractivity contribution is -0.145. The van der Waals surface area contributed by atoms with Gasteiger partial charge in [-0.25, -0.2) is 4.79 Å². The Kier molecular flexibility index (Phi) is 9.57. The Balaban J connectivity index is 0.000000667. The molecule has 2 rings (SSSR count). The van der Waals surface area contributed by atoms with Crippen molar-refractivity contribution in [2.24, 2.45) is 0 Å². The van der Waals surface area contributed by atoms with Crippen LogP contribution in [0.4, 0.5) is 4.79 Å². The fourth-order valence-corrected chi connectivity index (χ4v) is 3.74. The normalized spacial score (nSPS) is 22.1. The third kappa shape index (κ3) is 7.56. The topological polar surface area (TPSA) is 84.9 Å². The van der Waals surface area contributed by atoms with Crippen molar-refractivity contribution in [1.29, 1.82) is 0 Å². The fourth-order valence-electron chi connectivity index (χ4n) is 2.25. The molecule has 2 aliphatic heterocycles. The van der Waals surface area contributed by atoms with Gasteiger partial charge in [0.05, 0.1) is 0 Å². The van der Waals surface area contributed by atoms with E-state index in [9.17, 15) is 14.4 Å². The van der Waals surface area contributed by atoms with Crippen LogP contribution < -0.4 is 5.32 Å². The van der Waals surface area contributed by atoms with Gasteiger partial charge >= 0.3 is 6.09 Å². The van der Waals surface area contributed by atoms with E-state index in [0.29, 0.717) is 6.47 Å². The smallest absolute Gasteiger partial charge is 0.408 e. The minimum atomic E-state index is -0.543. The summed E-state index contributed by atoms with van der Waals surface area (Å²) in [5.74, 6) is 2.10. The van der Waals surface area contributed by atoms with Crippen LogP contribution in [0.3, 0.4) is 0 Å². The number of β-lactam (4-membered cyclic amide) rings is 1. The van der Waals surface area contributed by atoms with Crippen LogP contribution in [-0.2, 0) is 19.1 Å². The number of hydrogen-bond donors (Lipinski definition) is 1. The summed E-state index contributed by atoms with van der Waals surface area (Å²) >= 11 is 1.72. The predicted molar refractivity (Wildman–Crippen MR) is 103 cm³/mol. The van der Waals surface area contributed by atoms with E-state index in [2.05, 4.69) is 36.2 Å². The number of hydrogen-bond acceptors (Lipinski definition) is 6. The van der Waals surface area contributed by atoms with E-state index in [1.807, 2.05) is 18.7 Å². The highest BCUT2D eigenvalue weighted by atomic mass is 32.2. The summed E-state index contributed by atoms with van der Waals surface area (Å²) in [4.78, 5) is 34.6. The molecule has 8 heteroatoms. The quantitative estimate of drug-likeness (QED) is 0.347. The van der Waals surface area contributed by atoms with E-state index in [0.717, 1.165) is 6.54 Å². The van der Waals surface area contributed by atoms with Gasteiger partial charge in [-0.05, 0) is 34.6 Å². The molecule has 2 unspecified atom stereocenters. The average Bonchev–Trinajstić information content (AvgIpc) is 2.84. The summed E-state index contributed by atoms with van der Waals surface area (Å²) in [6.45, 7) is 14.7. The number of carbonyl (C=O) groups excluding carboxylic acids is 3. The van der Waals surface area contributed by atoms with Crippen LogP contribution in [0.1, 0.15) is 48.5 Å².